The van der Waals surface area contributed by atoms with Gasteiger partial charge in [-0.25, -0.2) is 9.97 Å². The number of hydrogen-bond donors (Lipinski definition) is 1. The monoisotopic (exact) mass is 287 g/mol. The highest BCUT2D eigenvalue weighted by Gasteiger charge is 2.04. The molecule has 0 atom stereocenters. The van der Waals surface area contributed by atoms with Gasteiger partial charge in [0, 0.05) is 0 Å². The molecule has 0 saturated carbocycles. The van der Waals surface area contributed by atoms with E-state index in [2.05, 4.69) is 15.0 Å². The number of nitrogens with zero attached hydrogens (tertiary/aromatic N) is 2. The molecule has 2 heterocycles. The first-order chi connectivity index (χ1) is 9.72. The van der Waals surface area contributed by atoms with Gasteiger partial charge in [0.05, 0.1) is 17.1 Å². The highest BCUT2D eigenvalue weighted by molar-refractivity contribution is 6.29. The molecule has 1 aromatic carbocycles. The smallest absolute Gasteiger partial charge is 0.258 e. The molecule has 0 spiro atoms. The molecule has 0 aliphatic carbocycles. The largest absolute Gasteiger partial charge is 0.484 e. The summed E-state index contributed by atoms with van der Waals surface area (Å²) in [6.45, 7) is 0.156. The Morgan fingerprint density at radius 1 is 1.20 bits per heavy atom. The summed E-state index contributed by atoms with van der Waals surface area (Å²) in [4.78, 5) is 22.8. The number of nitrogens with one attached hydrogen (secondary N) is 1. The van der Waals surface area contributed by atoms with Crippen molar-refractivity contribution < 1.29 is 4.74 Å². The van der Waals surface area contributed by atoms with E-state index in [-0.39, 0.29) is 12.2 Å². The summed E-state index contributed by atoms with van der Waals surface area (Å²) in [6.07, 6.45) is 1.52. The number of aromatic nitrogens is 3. The van der Waals surface area contributed by atoms with E-state index in [9.17, 15) is 4.79 Å². The Labute approximate surface area is 119 Å². The molecule has 1 N–H and O–H groups in total. The summed E-state index contributed by atoms with van der Waals surface area (Å²) < 4.78 is 5.50. The van der Waals surface area contributed by atoms with Crippen molar-refractivity contribution in [1.82, 2.24) is 15.0 Å². The molecule has 6 heteroatoms. The van der Waals surface area contributed by atoms with Crippen LogP contribution >= 0.6 is 11.6 Å². The fourth-order valence-electron chi connectivity index (χ4n) is 1.80. The number of fused-ring (bicyclic) bond motifs is 1. The number of benzene rings is 1. The molecule has 0 amide bonds. The normalized spacial score (nSPS) is 10.7. The Kier molecular flexibility index (Phi) is 3.35. The molecule has 3 rings (SSSR count). The van der Waals surface area contributed by atoms with E-state index in [0.717, 1.165) is 0 Å². The molecule has 0 fully saturated rings. The van der Waals surface area contributed by atoms with Crippen molar-refractivity contribution in [3.63, 3.8) is 0 Å². The van der Waals surface area contributed by atoms with E-state index in [1.807, 2.05) is 6.07 Å². The second-order valence-electron chi connectivity index (χ2n) is 4.14. The van der Waals surface area contributed by atoms with Crippen molar-refractivity contribution in [3.05, 3.63) is 63.9 Å². The Morgan fingerprint density at radius 2 is 2.05 bits per heavy atom. The van der Waals surface area contributed by atoms with Gasteiger partial charge in [-0.3, -0.25) is 4.79 Å². The van der Waals surface area contributed by atoms with Gasteiger partial charge >= 0.3 is 0 Å². The van der Waals surface area contributed by atoms with Crippen molar-refractivity contribution in [3.8, 4) is 5.75 Å². The van der Waals surface area contributed by atoms with Crippen LogP contribution in [0.2, 0.25) is 5.15 Å². The zero-order chi connectivity index (χ0) is 13.9. The number of halogens is 1. The maximum absolute atomic E-state index is 11.9. The van der Waals surface area contributed by atoms with Crippen LogP contribution in [0.25, 0.3) is 10.9 Å². The Morgan fingerprint density at radius 3 is 2.85 bits per heavy atom. The molecule has 0 unspecified atom stereocenters. The van der Waals surface area contributed by atoms with Crippen molar-refractivity contribution in [2.45, 2.75) is 6.61 Å². The lowest BCUT2D eigenvalue weighted by Gasteiger charge is -2.06. The quantitative estimate of drug-likeness (QED) is 0.752. The zero-order valence-electron chi connectivity index (χ0n) is 10.3. The molecule has 0 aliphatic heterocycles. The van der Waals surface area contributed by atoms with Crippen LogP contribution < -0.4 is 10.3 Å². The average Bonchev–Trinajstić information content (AvgIpc) is 2.47. The fraction of sp³-hybridized carbons (Fsp3) is 0.0714. The summed E-state index contributed by atoms with van der Waals surface area (Å²) in [5.74, 6) is 1.02. The summed E-state index contributed by atoms with van der Waals surface area (Å²) in [5, 5.41) is 0.957. The lowest BCUT2D eigenvalue weighted by molar-refractivity contribution is 0.295. The highest BCUT2D eigenvalue weighted by atomic mass is 35.5. The summed E-state index contributed by atoms with van der Waals surface area (Å²) in [5.41, 5.74) is 0.465. The minimum absolute atomic E-state index is 0.156. The van der Waals surface area contributed by atoms with Gasteiger partial charge in [-0.2, -0.15) is 0 Å². The van der Waals surface area contributed by atoms with Crippen LogP contribution in [0.5, 0.6) is 5.75 Å². The van der Waals surface area contributed by atoms with Crippen LogP contribution in [-0.4, -0.2) is 15.0 Å². The lowest BCUT2D eigenvalue weighted by atomic mass is 10.2. The summed E-state index contributed by atoms with van der Waals surface area (Å²) in [6, 6.07) is 10.5. The third kappa shape index (κ3) is 2.62. The van der Waals surface area contributed by atoms with Crippen LogP contribution in [-0.2, 0) is 6.61 Å². The lowest BCUT2D eigenvalue weighted by Crippen LogP contribution is -2.13. The first kappa shape index (κ1) is 12.6. The van der Waals surface area contributed by atoms with Crippen LogP contribution in [0, 0.1) is 0 Å². The van der Waals surface area contributed by atoms with Crippen LogP contribution in [0.4, 0.5) is 0 Å². The predicted molar refractivity (Wildman–Crippen MR) is 75.9 cm³/mol. The van der Waals surface area contributed by atoms with Gasteiger partial charge in [0.15, 0.2) is 0 Å². The molecule has 3 aromatic rings. The number of ether oxygens (including phenoxy) is 1. The summed E-state index contributed by atoms with van der Waals surface area (Å²) in [7, 11) is 0. The van der Waals surface area contributed by atoms with Gasteiger partial charge in [0.1, 0.15) is 23.3 Å². The van der Waals surface area contributed by atoms with Gasteiger partial charge in [-0.1, -0.05) is 23.7 Å². The number of pyridine rings is 1. The van der Waals surface area contributed by atoms with Gasteiger partial charge in [-0.05, 0) is 24.3 Å². The third-order valence-corrected chi connectivity index (χ3v) is 2.96. The van der Waals surface area contributed by atoms with Crippen LogP contribution in [0.3, 0.4) is 0 Å². The number of hydrogen-bond acceptors (Lipinski definition) is 4. The number of para-hydroxylation sites is 1. The average molecular weight is 288 g/mol. The van der Waals surface area contributed by atoms with Gasteiger partial charge < -0.3 is 9.72 Å². The molecule has 0 aliphatic rings. The Bertz CT molecular complexity index is 799. The molecule has 5 nitrogen and oxygen atoms in total. The molecule has 100 valence electrons. The predicted octanol–water partition coefficient (Wildman–Crippen LogP) is 2.55. The molecule has 20 heavy (non-hydrogen) atoms. The minimum atomic E-state index is -0.177. The van der Waals surface area contributed by atoms with Crippen LogP contribution in [0.1, 0.15) is 5.82 Å². The maximum Gasteiger partial charge on any atom is 0.258 e. The Hall–Kier alpha value is -2.40. The second kappa shape index (κ2) is 5.30. The molecule has 0 radical (unpaired) electrons. The molecule has 0 bridgehead atoms. The SMILES string of the molecule is O=c1[nH]c(COc2ccc(Cl)nc2)nc2ccccc12. The first-order valence-corrected chi connectivity index (χ1v) is 6.32. The van der Waals surface area contributed by atoms with Crippen molar-refractivity contribution in [1.29, 1.82) is 0 Å². The first-order valence-electron chi connectivity index (χ1n) is 5.95. The van der Waals surface area contributed by atoms with E-state index in [1.165, 1.54) is 6.20 Å². The maximum atomic E-state index is 11.9. The number of aromatic amines is 1. The van der Waals surface area contributed by atoms with Crippen molar-refractivity contribution in [2.75, 3.05) is 0 Å². The second-order valence-corrected chi connectivity index (χ2v) is 4.52. The van der Waals surface area contributed by atoms with Gasteiger partial charge in [0.2, 0.25) is 0 Å². The highest BCUT2D eigenvalue weighted by Crippen LogP contribution is 2.13. The standard InChI is InChI=1S/C14H10ClN3O2/c15-12-6-5-9(7-16-12)20-8-13-17-11-4-2-1-3-10(11)14(19)18-13/h1-7H,8H2,(H,17,18,19). The molecule has 2 aromatic heterocycles. The van der Waals surface area contributed by atoms with E-state index in [0.29, 0.717) is 27.6 Å². The molecular formula is C14H10ClN3O2. The van der Waals surface area contributed by atoms with Crippen molar-refractivity contribution in [2.24, 2.45) is 0 Å². The zero-order valence-corrected chi connectivity index (χ0v) is 11.1. The number of rotatable bonds is 3. The minimum Gasteiger partial charge on any atom is -0.484 e. The fourth-order valence-corrected chi connectivity index (χ4v) is 1.91. The van der Waals surface area contributed by atoms with Crippen LogP contribution in [0.15, 0.2) is 47.4 Å². The topological polar surface area (TPSA) is 67.9 Å². The van der Waals surface area contributed by atoms with E-state index in [4.69, 9.17) is 16.3 Å². The molecule has 0 saturated heterocycles. The van der Waals surface area contributed by atoms with Gasteiger partial charge in [-0.15, -0.1) is 0 Å². The summed E-state index contributed by atoms with van der Waals surface area (Å²) >= 11 is 5.69. The van der Waals surface area contributed by atoms with E-state index < -0.39 is 0 Å². The van der Waals surface area contributed by atoms with Crippen molar-refractivity contribution >= 4 is 22.5 Å². The van der Waals surface area contributed by atoms with E-state index in [1.54, 1.807) is 30.3 Å². The Balaban J connectivity index is 1.84. The molecular weight excluding hydrogens is 278 g/mol. The van der Waals surface area contributed by atoms with Gasteiger partial charge in [0.25, 0.3) is 5.56 Å². The third-order valence-electron chi connectivity index (χ3n) is 2.74. The van der Waals surface area contributed by atoms with E-state index >= 15 is 0 Å². The number of H-pyrrole nitrogens is 1.